The molecule has 0 aliphatic heterocycles. The van der Waals surface area contributed by atoms with Gasteiger partial charge in [0.25, 0.3) is 5.69 Å². The number of benzene rings is 2. The highest BCUT2D eigenvalue weighted by molar-refractivity contribution is 7.89. The maximum absolute atomic E-state index is 12.6. The van der Waals surface area contributed by atoms with Gasteiger partial charge in [-0.15, -0.1) is 0 Å². The number of nitro groups is 2. The Hall–Kier alpha value is -3.29. The SMILES string of the molecule is CCN(CC)S(=O)(=O)c1ccc(N/N=C/c2cc(Cl)cc([N+](=O)[O-])c2O)c([N+](=O)[O-])c1. The zero-order chi connectivity index (χ0) is 23.3. The molecule has 0 bridgehead atoms. The first-order valence-electron chi connectivity index (χ1n) is 8.77. The predicted octanol–water partition coefficient (Wildman–Crippen LogP) is 3.34. The van der Waals surface area contributed by atoms with Gasteiger partial charge in [-0.25, -0.2) is 8.42 Å². The molecule has 0 unspecified atom stereocenters. The van der Waals surface area contributed by atoms with Gasteiger partial charge in [0.15, 0.2) is 0 Å². The molecule has 2 aromatic carbocycles. The molecule has 0 spiro atoms. The van der Waals surface area contributed by atoms with Crippen molar-refractivity contribution in [2.75, 3.05) is 18.5 Å². The van der Waals surface area contributed by atoms with E-state index in [-0.39, 0.29) is 34.3 Å². The van der Waals surface area contributed by atoms with Crippen molar-refractivity contribution in [3.8, 4) is 5.75 Å². The second-order valence-electron chi connectivity index (χ2n) is 6.02. The minimum atomic E-state index is -3.91. The second kappa shape index (κ2) is 9.68. The molecule has 0 fully saturated rings. The van der Waals surface area contributed by atoms with Crippen LogP contribution in [0.15, 0.2) is 40.3 Å². The molecule has 0 atom stereocenters. The lowest BCUT2D eigenvalue weighted by atomic mass is 10.2. The van der Waals surface area contributed by atoms with Crippen molar-refractivity contribution in [3.63, 3.8) is 0 Å². The number of nitro benzene ring substituents is 2. The molecule has 2 N–H and O–H groups in total. The number of rotatable bonds is 9. The summed E-state index contributed by atoms with van der Waals surface area (Å²) in [6.45, 7) is 3.70. The topological polar surface area (TPSA) is 168 Å². The molecule has 2 rings (SSSR count). The fraction of sp³-hybridized carbons (Fsp3) is 0.235. The summed E-state index contributed by atoms with van der Waals surface area (Å²) in [6, 6.07) is 5.45. The highest BCUT2D eigenvalue weighted by atomic mass is 35.5. The molecule has 0 saturated heterocycles. The first-order valence-corrected chi connectivity index (χ1v) is 10.6. The monoisotopic (exact) mass is 471 g/mol. The fourth-order valence-corrected chi connectivity index (χ4v) is 4.34. The summed E-state index contributed by atoms with van der Waals surface area (Å²) >= 11 is 5.79. The zero-order valence-corrected chi connectivity index (χ0v) is 17.9. The number of halogens is 1. The lowest BCUT2D eigenvalue weighted by Crippen LogP contribution is -2.30. The van der Waals surface area contributed by atoms with Crippen molar-refractivity contribution in [1.29, 1.82) is 0 Å². The van der Waals surface area contributed by atoms with Crippen LogP contribution in [0.5, 0.6) is 5.75 Å². The third kappa shape index (κ3) is 5.25. The van der Waals surface area contributed by atoms with Gasteiger partial charge in [0, 0.05) is 35.8 Å². The highest BCUT2D eigenvalue weighted by Gasteiger charge is 2.25. The van der Waals surface area contributed by atoms with Crippen LogP contribution in [0.2, 0.25) is 5.02 Å². The van der Waals surface area contributed by atoms with E-state index in [0.717, 1.165) is 22.7 Å². The lowest BCUT2D eigenvalue weighted by Gasteiger charge is -2.18. The second-order valence-corrected chi connectivity index (χ2v) is 8.39. The van der Waals surface area contributed by atoms with E-state index in [1.165, 1.54) is 18.2 Å². The number of hydrogen-bond donors (Lipinski definition) is 2. The molecule has 12 nitrogen and oxygen atoms in total. The number of sulfonamides is 1. The molecule has 0 aliphatic rings. The molecule has 0 amide bonds. The van der Waals surface area contributed by atoms with Crippen LogP contribution >= 0.6 is 11.6 Å². The van der Waals surface area contributed by atoms with Crippen molar-refractivity contribution < 1.29 is 23.4 Å². The lowest BCUT2D eigenvalue weighted by molar-refractivity contribution is -0.385. The first kappa shape index (κ1) is 24.0. The van der Waals surface area contributed by atoms with E-state index in [4.69, 9.17) is 11.6 Å². The summed E-state index contributed by atoms with van der Waals surface area (Å²) < 4.78 is 26.3. The smallest absolute Gasteiger partial charge is 0.312 e. The molecule has 31 heavy (non-hydrogen) atoms. The van der Waals surface area contributed by atoms with Crippen LogP contribution in [-0.4, -0.2) is 47.0 Å². The summed E-state index contributed by atoms with van der Waals surface area (Å²) in [5, 5.41) is 36.0. The maximum atomic E-state index is 12.6. The third-order valence-corrected chi connectivity index (χ3v) is 6.44. The Morgan fingerprint density at radius 1 is 1.13 bits per heavy atom. The van der Waals surface area contributed by atoms with Gasteiger partial charge in [0.1, 0.15) is 5.69 Å². The highest BCUT2D eigenvalue weighted by Crippen LogP contribution is 2.33. The summed E-state index contributed by atoms with van der Waals surface area (Å²) in [5.74, 6) is -0.685. The summed E-state index contributed by atoms with van der Waals surface area (Å²) in [5.41, 5.74) is 0.956. The van der Waals surface area contributed by atoms with E-state index in [1.54, 1.807) is 13.8 Å². The van der Waals surface area contributed by atoms with E-state index in [2.05, 4.69) is 10.5 Å². The van der Waals surface area contributed by atoms with Gasteiger partial charge < -0.3 is 5.11 Å². The number of phenolic OH excluding ortho intramolecular Hbond substituents is 1. The van der Waals surface area contributed by atoms with Gasteiger partial charge >= 0.3 is 5.69 Å². The molecule has 166 valence electrons. The molecule has 0 aliphatic carbocycles. The third-order valence-electron chi connectivity index (χ3n) is 4.18. The summed E-state index contributed by atoms with van der Waals surface area (Å²) in [6.07, 6.45) is 0.985. The molecular weight excluding hydrogens is 454 g/mol. The number of nitrogens with one attached hydrogen (secondary N) is 1. The Morgan fingerprint density at radius 2 is 1.74 bits per heavy atom. The number of phenols is 1. The molecule has 0 radical (unpaired) electrons. The van der Waals surface area contributed by atoms with Gasteiger partial charge in [-0.05, 0) is 18.2 Å². The molecule has 0 heterocycles. The Labute approximate surface area is 182 Å². The van der Waals surface area contributed by atoms with Crippen LogP contribution in [0.3, 0.4) is 0 Å². The Kier molecular flexibility index (Phi) is 7.49. The van der Waals surface area contributed by atoms with Crippen LogP contribution in [-0.2, 0) is 10.0 Å². The van der Waals surface area contributed by atoms with Gasteiger partial charge in [0.05, 0.1) is 21.0 Å². The number of hydrogen-bond acceptors (Lipinski definition) is 9. The van der Waals surface area contributed by atoms with Gasteiger partial charge in [0.2, 0.25) is 15.8 Å². The fourth-order valence-electron chi connectivity index (χ4n) is 2.64. The van der Waals surface area contributed by atoms with Crippen molar-refractivity contribution in [2.24, 2.45) is 5.10 Å². The standard InChI is InChI=1S/C17H18ClN5O7S/c1-3-21(4-2)31(29,30)13-5-6-14(15(9-13)22(25)26)20-19-10-11-7-12(18)8-16(17(11)24)23(27)28/h5-10,20,24H,3-4H2,1-2H3/b19-10+. The van der Waals surface area contributed by atoms with Gasteiger partial charge in [-0.3, -0.25) is 25.7 Å². The molecular formula is C17H18ClN5O7S. The number of aromatic hydroxyl groups is 1. The van der Waals surface area contributed by atoms with E-state index in [9.17, 15) is 33.8 Å². The summed E-state index contributed by atoms with van der Waals surface area (Å²) in [4.78, 5) is 20.5. The average molecular weight is 472 g/mol. The first-order chi connectivity index (χ1) is 14.5. The van der Waals surface area contributed by atoms with Crippen LogP contribution in [0, 0.1) is 20.2 Å². The quantitative estimate of drug-likeness (QED) is 0.318. The summed E-state index contributed by atoms with van der Waals surface area (Å²) in [7, 11) is -3.91. The van der Waals surface area contributed by atoms with Crippen LogP contribution in [0.1, 0.15) is 19.4 Å². The van der Waals surface area contributed by atoms with E-state index >= 15 is 0 Å². The minimum absolute atomic E-state index is 0.0251. The van der Waals surface area contributed by atoms with Crippen molar-refractivity contribution in [3.05, 3.63) is 61.1 Å². The maximum Gasteiger partial charge on any atom is 0.312 e. The van der Waals surface area contributed by atoms with Crippen LogP contribution < -0.4 is 5.43 Å². The van der Waals surface area contributed by atoms with Crippen LogP contribution in [0.4, 0.5) is 17.1 Å². The molecule has 0 saturated carbocycles. The van der Waals surface area contributed by atoms with Crippen LogP contribution in [0.25, 0.3) is 0 Å². The largest absolute Gasteiger partial charge is 0.502 e. The Morgan fingerprint density at radius 3 is 2.29 bits per heavy atom. The number of hydrazone groups is 1. The average Bonchev–Trinajstić information content (AvgIpc) is 2.70. The molecule has 2 aromatic rings. The van der Waals surface area contributed by atoms with Gasteiger partial charge in [-0.2, -0.15) is 9.41 Å². The minimum Gasteiger partial charge on any atom is -0.502 e. The van der Waals surface area contributed by atoms with E-state index in [1.807, 2.05) is 0 Å². The molecule has 14 heteroatoms. The zero-order valence-electron chi connectivity index (χ0n) is 16.4. The van der Waals surface area contributed by atoms with Crippen molar-refractivity contribution in [2.45, 2.75) is 18.7 Å². The van der Waals surface area contributed by atoms with E-state index in [0.29, 0.717) is 0 Å². The number of nitrogens with zero attached hydrogens (tertiary/aromatic N) is 4. The molecule has 0 aromatic heterocycles. The van der Waals surface area contributed by atoms with Crippen molar-refractivity contribution in [1.82, 2.24) is 4.31 Å². The number of anilines is 1. The normalized spacial score (nSPS) is 11.7. The predicted molar refractivity (Wildman–Crippen MR) is 114 cm³/mol. The van der Waals surface area contributed by atoms with Gasteiger partial charge in [-0.1, -0.05) is 25.4 Å². The Balaban J connectivity index is 2.39. The van der Waals surface area contributed by atoms with E-state index < -0.39 is 37.0 Å². The van der Waals surface area contributed by atoms with Crippen molar-refractivity contribution >= 4 is 44.9 Å². The Bertz CT molecular complexity index is 1150.